The predicted octanol–water partition coefficient (Wildman–Crippen LogP) is 6.85. The largest absolute Gasteiger partial charge is 0.456 e. The summed E-state index contributed by atoms with van der Waals surface area (Å²) in [6.07, 6.45) is 0. The standard InChI is InChI=1S/C18H8BrIO2/c19-14-3-1-2-10-12-7-16-13(8-17(12)22-18(10)14)11-6-9(20)4-5-15(11)21-16/h1-8H. The van der Waals surface area contributed by atoms with Crippen LogP contribution in [0.3, 0.4) is 0 Å². The van der Waals surface area contributed by atoms with Crippen LogP contribution in [0.25, 0.3) is 43.9 Å². The molecular formula is C18H8BrIO2. The van der Waals surface area contributed by atoms with Gasteiger partial charge < -0.3 is 8.83 Å². The molecule has 22 heavy (non-hydrogen) atoms. The lowest BCUT2D eigenvalue weighted by Crippen LogP contribution is -1.70. The maximum absolute atomic E-state index is 6.05. The Bertz CT molecular complexity index is 1200. The van der Waals surface area contributed by atoms with Gasteiger partial charge in [-0.2, -0.15) is 0 Å². The lowest BCUT2D eigenvalue weighted by molar-refractivity contribution is 0.663. The molecule has 2 nitrogen and oxygen atoms in total. The SMILES string of the molecule is Brc1cccc2c1oc1cc3c(cc12)oc1ccc(I)cc13. The van der Waals surface area contributed by atoms with E-state index in [9.17, 15) is 0 Å². The first-order valence-electron chi connectivity index (χ1n) is 6.83. The minimum absolute atomic E-state index is 0.879. The average Bonchev–Trinajstić information content (AvgIpc) is 3.04. The molecule has 3 aromatic carbocycles. The number of fused-ring (bicyclic) bond motifs is 6. The van der Waals surface area contributed by atoms with Crippen LogP contribution in [0.4, 0.5) is 0 Å². The smallest absolute Gasteiger partial charge is 0.149 e. The van der Waals surface area contributed by atoms with Crippen LogP contribution in [-0.2, 0) is 0 Å². The minimum Gasteiger partial charge on any atom is -0.456 e. The lowest BCUT2D eigenvalue weighted by Gasteiger charge is -1.92. The number of benzene rings is 3. The second kappa shape index (κ2) is 4.49. The number of halogens is 2. The van der Waals surface area contributed by atoms with E-state index < -0.39 is 0 Å². The third kappa shape index (κ3) is 1.71. The molecule has 0 radical (unpaired) electrons. The maximum atomic E-state index is 6.05. The van der Waals surface area contributed by atoms with E-state index in [1.807, 2.05) is 18.2 Å². The average molecular weight is 463 g/mol. The molecule has 0 fully saturated rings. The van der Waals surface area contributed by atoms with E-state index in [0.717, 1.165) is 48.3 Å². The van der Waals surface area contributed by atoms with Gasteiger partial charge in [-0.25, -0.2) is 0 Å². The van der Waals surface area contributed by atoms with Crippen molar-refractivity contribution in [1.29, 1.82) is 0 Å². The molecular weight excluding hydrogens is 455 g/mol. The van der Waals surface area contributed by atoms with Crippen LogP contribution in [0.5, 0.6) is 0 Å². The van der Waals surface area contributed by atoms with Crippen molar-refractivity contribution in [2.45, 2.75) is 0 Å². The summed E-state index contributed by atoms with van der Waals surface area (Å²) in [5, 5.41) is 4.40. The quantitative estimate of drug-likeness (QED) is 0.235. The van der Waals surface area contributed by atoms with Gasteiger partial charge in [0.25, 0.3) is 0 Å². The van der Waals surface area contributed by atoms with Gasteiger partial charge in [0, 0.05) is 25.1 Å². The minimum atomic E-state index is 0.879. The van der Waals surface area contributed by atoms with Crippen LogP contribution in [0.2, 0.25) is 0 Å². The Morgan fingerprint density at radius 3 is 2.32 bits per heavy atom. The molecule has 5 aromatic rings. The summed E-state index contributed by atoms with van der Waals surface area (Å²) in [7, 11) is 0. The monoisotopic (exact) mass is 462 g/mol. The van der Waals surface area contributed by atoms with E-state index in [1.165, 1.54) is 3.57 Å². The van der Waals surface area contributed by atoms with Crippen molar-refractivity contribution in [3.05, 3.63) is 56.6 Å². The van der Waals surface area contributed by atoms with Crippen molar-refractivity contribution in [3.63, 3.8) is 0 Å². The zero-order chi connectivity index (χ0) is 14.8. The Morgan fingerprint density at radius 1 is 0.727 bits per heavy atom. The highest BCUT2D eigenvalue weighted by atomic mass is 127. The second-order valence-corrected chi connectivity index (χ2v) is 7.41. The molecule has 0 unspecified atom stereocenters. The Morgan fingerprint density at radius 2 is 1.45 bits per heavy atom. The molecule has 0 amide bonds. The van der Waals surface area contributed by atoms with E-state index in [1.54, 1.807) is 0 Å². The topological polar surface area (TPSA) is 26.3 Å². The van der Waals surface area contributed by atoms with Crippen molar-refractivity contribution in [1.82, 2.24) is 0 Å². The lowest BCUT2D eigenvalue weighted by atomic mass is 10.1. The van der Waals surface area contributed by atoms with Crippen molar-refractivity contribution in [3.8, 4) is 0 Å². The molecule has 0 saturated heterocycles. The summed E-state index contributed by atoms with van der Waals surface area (Å²) in [5.74, 6) is 0. The van der Waals surface area contributed by atoms with Crippen LogP contribution in [0.15, 0.2) is 61.8 Å². The fourth-order valence-electron chi connectivity index (χ4n) is 3.00. The summed E-state index contributed by atoms with van der Waals surface area (Å²) in [6, 6.07) is 16.5. The number of hydrogen-bond acceptors (Lipinski definition) is 2. The molecule has 4 heteroatoms. The molecule has 0 bridgehead atoms. The normalized spacial score (nSPS) is 12.1. The first kappa shape index (κ1) is 13.0. The third-order valence-corrected chi connectivity index (χ3v) is 5.30. The summed E-state index contributed by atoms with van der Waals surface area (Å²) in [4.78, 5) is 0. The number of para-hydroxylation sites is 1. The van der Waals surface area contributed by atoms with Gasteiger partial charge in [0.2, 0.25) is 0 Å². The molecule has 0 aliphatic rings. The number of rotatable bonds is 0. The summed E-state index contributed by atoms with van der Waals surface area (Å²) >= 11 is 5.87. The molecule has 0 aliphatic heterocycles. The predicted molar refractivity (Wildman–Crippen MR) is 101 cm³/mol. The van der Waals surface area contributed by atoms with Crippen molar-refractivity contribution >= 4 is 82.4 Å². The van der Waals surface area contributed by atoms with Gasteiger partial charge in [0.05, 0.1) is 4.47 Å². The molecule has 106 valence electrons. The van der Waals surface area contributed by atoms with Gasteiger partial charge in [0.1, 0.15) is 22.3 Å². The van der Waals surface area contributed by atoms with Crippen LogP contribution in [0, 0.1) is 3.57 Å². The first-order valence-corrected chi connectivity index (χ1v) is 8.70. The van der Waals surface area contributed by atoms with Crippen LogP contribution in [0.1, 0.15) is 0 Å². The second-order valence-electron chi connectivity index (χ2n) is 5.31. The molecule has 0 atom stereocenters. The van der Waals surface area contributed by atoms with Crippen molar-refractivity contribution in [2.24, 2.45) is 0 Å². The van der Waals surface area contributed by atoms with E-state index in [2.05, 4.69) is 68.9 Å². The highest BCUT2D eigenvalue weighted by Crippen LogP contribution is 2.38. The van der Waals surface area contributed by atoms with E-state index in [-0.39, 0.29) is 0 Å². The summed E-state index contributed by atoms with van der Waals surface area (Å²) in [6.45, 7) is 0. The van der Waals surface area contributed by atoms with Gasteiger partial charge in [-0.1, -0.05) is 12.1 Å². The van der Waals surface area contributed by atoms with Gasteiger partial charge in [0.15, 0.2) is 0 Å². The van der Waals surface area contributed by atoms with Crippen LogP contribution < -0.4 is 0 Å². The molecule has 2 heterocycles. The highest BCUT2D eigenvalue weighted by molar-refractivity contribution is 14.1. The Balaban J connectivity index is 2.01. The van der Waals surface area contributed by atoms with Gasteiger partial charge in [-0.15, -0.1) is 0 Å². The third-order valence-electron chi connectivity index (χ3n) is 4.00. The van der Waals surface area contributed by atoms with Gasteiger partial charge in [-0.05, 0) is 74.9 Å². The van der Waals surface area contributed by atoms with Crippen molar-refractivity contribution in [2.75, 3.05) is 0 Å². The first-order chi connectivity index (χ1) is 10.7. The van der Waals surface area contributed by atoms with E-state index >= 15 is 0 Å². The Labute approximate surface area is 147 Å². The van der Waals surface area contributed by atoms with Gasteiger partial charge in [-0.3, -0.25) is 0 Å². The molecule has 0 N–H and O–H groups in total. The molecule has 0 saturated carbocycles. The maximum Gasteiger partial charge on any atom is 0.149 e. The Hall–Kier alpha value is -1.53. The van der Waals surface area contributed by atoms with E-state index in [4.69, 9.17) is 8.83 Å². The number of hydrogen-bond donors (Lipinski definition) is 0. The fraction of sp³-hybridized carbons (Fsp3) is 0. The summed E-state index contributed by atoms with van der Waals surface area (Å²) < 4.78 is 14.2. The Kier molecular flexibility index (Phi) is 2.64. The molecule has 2 aromatic heterocycles. The molecule has 0 spiro atoms. The van der Waals surface area contributed by atoms with Gasteiger partial charge >= 0.3 is 0 Å². The zero-order valence-electron chi connectivity index (χ0n) is 11.2. The molecule has 5 rings (SSSR count). The van der Waals surface area contributed by atoms with Crippen molar-refractivity contribution < 1.29 is 8.83 Å². The molecule has 0 aliphatic carbocycles. The van der Waals surface area contributed by atoms with E-state index in [0.29, 0.717) is 0 Å². The zero-order valence-corrected chi connectivity index (χ0v) is 14.9. The number of furan rings is 2. The fourth-order valence-corrected chi connectivity index (χ4v) is 3.94. The highest BCUT2D eigenvalue weighted by Gasteiger charge is 2.14. The van der Waals surface area contributed by atoms with Crippen LogP contribution >= 0.6 is 38.5 Å². The van der Waals surface area contributed by atoms with Crippen LogP contribution in [-0.4, -0.2) is 0 Å². The summed E-state index contributed by atoms with van der Waals surface area (Å²) in [5.41, 5.74) is 3.57.